The summed E-state index contributed by atoms with van der Waals surface area (Å²) in [6.45, 7) is -0.305. The summed E-state index contributed by atoms with van der Waals surface area (Å²) in [5, 5.41) is 15.4. The smallest absolute Gasteiger partial charge is 0.364 e. The fourth-order valence-electron chi connectivity index (χ4n) is 5.69. The summed E-state index contributed by atoms with van der Waals surface area (Å²) in [6, 6.07) is 1.05. The number of nitrogens with two attached hydrogens (primary N) is 1. The Balaban J connectivity index is 1.48. The summed E-state index contributed by atoms with van der Waals surface area (Å²) in [6.07, 6.45) is -5.82. The molecule has 3 heterocycles. The molecule has 0 bridgehead atoms. The first-order chi connectivity index (χ1) is 20.7. The fourth-order valence-corrected chi connectivity index (χ4v) is 5.69. The van der Waals surface area contributed by atoms with E-state index < -0.39 is 80.3 Å². The number of carbonyl (C=O) groups is 2. The van der Waals surface area contributed by atoms with E-state index >= 15 is 0 Å². The van der Waals surface area contributed by atoms with Crippen LogP contribution in [0.1, 0.15) is 97.2 Å². The minimum absolute atomic E-state index is 0.0153. The van der Waals surface area contributed by atoms with Crippen LogP contribution in [0.4, 0.5) is 30.7 Å². The number of carbonyl (C=O) groups excluding carboxylic acids is 2. The number of aromatic nitrogens is 6. The van der Waals surface area contributed by atoms with Crippen molar-refractivity contribution in [1.29, 1.82) is 0 Å². The van der Waals surface area contributed by atoms with Crippen LogP contribution in [0, 0.1) is 11.8 Å². The zero-order valence-corrected chi connectivity index (χ0v) is 23.4. The van der Waals surface area contributed by atoms with E-state index in [0.717, 1.165) is 17.6 Å². The number of primary amides is 1. The van der Waals surface area contributed by atoms with Crippen molar-refractivity contribution in [2.24, 2.45) is 17.6 Å². The van der Waals surface area contributed by atoms with Gasteiger partial charge in [0.25, 0.3) is 5.91 Å². The summed E-state index contributed by atoms with van der Waals surface area (Å²) in [7, 11) is 0. The van der Waals surface area contributed by atoms with E-state index in [1.165, 1.54) is 16.9 Å². The molecule has 3 aromatic heterocycles. The molecule has 2 amide bonds. The number of rotatable bonds is 12. The zero-order valence-electron chi connectivity index (χ0n) is 23.4. The van der Waals surface area contributed by atoms with E-state index in [4.69, 9.17) is 5.73 Å². The van der Waals surface area contributed by atoms with Crippen molar-refractivity contribution in [3.8, 4) is 0 Å². The Morgan fingerprint density at radius 1 is 1.09 bits per heavy atom. The minimum atomic E-state index is -4.47. The molecule has 5 rings (SSSR count). The van der Waals surface area contributed by atoms with Gasteiger partial charge in [0.05, 0.1) is 43.0 Å². The summed E-state index contributed by atoms with van der Waals surface area (Å²) in [4.78, 5) is 30.3. The second kappa shape index (κ2) is 12.3. The zero-order chi connectivity index (χ0) is 31.8. The van der Waals surface area contributed by atoms with Crippen LogP contribution < -0.4 is 11.1 Å². The highest BCUT2D eigenvalue weighted by Gasteiger charge is 2.42. The predicted octanol–water partition coefficient (Wildman–Crippen LogP) is 4.94. The summed E-state index contributed by atoms with van der Waals surface area (Å²) in [5.74, 6) is -5.87. The third-order valence-corrected chi connectivity index (χ3v) is 8.07. The van der Waals surface area contributed by atoms with Gasteiger partial charge in [0, 0.05) is 25.7 Å². The molecular weight excluding hydrogens is 601 g/mol. The number of halogens is 7. The standard InChI is InChI=1S/C27H31F7N8O2/c28-18(29)6-10-42-39-23(24(40-42)25(35)44)21(14-3-7-26(30,31)8-4-14)17-13-41-19(37-17)11-16(12-36-41)22(15-1-2-15)38-20(43)5-9-27(32,33)34/h11-15,18,21-22H,1-10H2,(H2,35,44)(H,38,43)/t21-,22+/m0/s1. The highest BCUT2D eigenvalue weighted by Crippen LogP contribution is 2.45. The molecule has 0 aliphatic heterocycles. The van der Waals surface area contributed by atoms with Crippen LogP contribution in [-0.2, 0) is 11.3 Å². The molecule has 0 aromatic carbocycles. The Kier molecular flexibility index (Phi) is 8.84. The molecule has 2 aliphatic carbocycles. The van der Waals surface area contributed by atoms with Gasteiger partial charge in [-0.1, -0.05) is 0 Å². The Labute approximate surface area is 246 Å². The van der Waals surface area contributed by atoms with Crippen LogP contribution in [0.25, 0.3) is 5.65 Å². The van der Waals surface area contributed by atoms with Crippen molar-refractivity contribution >= 4 is 17.5 Å². The van der Waals surface area contributed by atoms with Crippen LogP contribution in [-0.4, -0.2) is 59.9 Å². The molecule has 2 saturated carbocycles. The average Bonchev–Trinajstić information content (AvgIpc) is 3.55. The first kappa shape index (κ1) is 31.6. The Hall–Kier alpha value is -3.79. The number of imidazole rings is 1. The maximum Gasteiger partial charge on any atom is 0.389 e. The molecular formula is C27H31F7N8O2. The Bertz CT molecular complexity index is 1490. The van der Waals surface area contributed by atoms with Gasteiger partial charge in [-0.25, -0.2) is 27.1 Å². The normalized spacial score (nSPS) is 18.9. The van der Waals surface area contributed by atoms with Crippen LogP contribution in [0.3, 0.4) is 0 Å². The van der Waals surface area contributed by atoms with E-state index in [0.29, 0.717) is 16.9 Å². The summed E-state index contributed by atoms with van der Waals surface area (Å²) >= 11 is 0. The van der Waals surface area contributed by atoms with E-state index in [-0.39, 0.29) is 36.7 Å². The van der Waals surface area contributed by atoms with Gasteiger partial charge in [0.1, 0.15) is 5.69 Å². The summed E-state index contributed by atoms with van der Waals surface area (Å²) < 4.78 is 93.2. The second-order valence-electron chi connectivity index (χ2n) is 11.5. The SMILES string of the molecule is NC(=O)c1nn(CCC(F)F)nc1[C@H](c1cn2ncc([C@H](NC(=O)CCC(F)(F)F)C3CC3)cc2n1)C1CCC(F)(F)CC1. The highest BCUT2D eigenvalue weighted by atomic mass is 19.4. The Morgan fingerprint density at radius 2 is 1.80 bits per heavy atom. The molecule has 0 saturated heterocycles. The maximum absolute atomic E-state index is 14.1. The molecule has 44 heavy (non-hydrogen) atoms. The van der Waals surface area contributed by atoms with Gasteiger partial charge >= 0.3 is 6.18 Å². The fraction of sp³-hybridized carbons (Fsp3) is 0.630. The lowest BCUT2D eigenvalue weighted by Gasteiger charge is -2.32. The van der Waals surface area contributed by atoms with Gasteiger partial charge in [-0.2, -0.15) is 28.2 Å². The molecule has 0 radical (unpaired) electrons. The maximum atomic E-state index is 14.1. The topological polar surface area (TPSA) is 133 Å². The van der Waals surface area contributed by atoms with Gasteiger partial charge in [-0.15, -0.1) is 5.10 Å². The molecule has 2 aliphatic rings. The lowest BCUT2D eigenvalue weighted by Crippen LogP contribution is -2.30. The molecule has 17 heteroatoms. The number of nitrogens with zero attached hydrogens (tertiary/aromatic N) is 6. The minimum Gasteiger partial charge on any atom is -0.364 e. The molecule has 3 N–H and O–H groups in total. The molecule has 240 valence electrons. The Morgan fingerprint density at radius 3 is 2.41 bits per heavy atom. The van der Waals surface area contributed by atoms with Gasteiger partial charge < -0.3 is 11.1 Å². The first-order valence-corrected chi connectivity index (χ1v) is 14.3. The highest BCUT2D eigenvalue weighted by molar-refractivity contribution is 5.92. The number of aryl methyl sites for hydroxylation is 1. The monoisotopic (exact) mass is 632 g/mol. The molecule has 0 unspecified atom stereocenters. The van der Waals surface area contributed by atoms with Crippen molar-refractivity contribution in [3.05, 3.63) is 41.1 Å². The van der Waals surface area contributed by atoms with Crippen molar-refractivity contribution in [1.82, 2.24) is 34.9 Å². The number of hydrogen-bond donors (Lipinski definition) is 2. The third kappa shape index (κ3) is 7.64. The van der Waals surface area contributed by atoms with Crippen molar-refractivity contribution in [3.63, 3.8) is 0 Å². The van der Waals surface area contributed by atoms with Crippen LogP contribution in [0.5, 0.6) is 0 Å². The van der Waals surface area contributed by atoms with E-state index in [2.05, 4.69) is 25.6 Å². The second-order valence-corrected chi connectivity index (χ2v) is 11.5. The summed E-state index contributed by atoms with van der Waals surface area (Å²) in [5.41, 5.74) is 6.46. The number of fused-ring (bicyclic) bond motifs is 1. The third-order valence-electron chi connectivity index (χ3n) is 8.07. The lowest BCUT2D eigenvalue weighted by molar-refractivity contribution is -0.144. The van der Waals surface area contributed by atoms with E-state index in [9.17, 15) is 40.3 Å². The first-order valence-electron chi connectivity index (χ1n) is 14.3. The molecule has 2 fully saturated rings. The van der Waals surface area contributed by atoms with Crippen LogP contribution >= 0.6 is 0 Å². The van der Waals surface area contributed by atoms with Gasteiger partial charge in [0.15, 0.2) is 11.3 Å². The predicted molar refractivity (Wildman–Crippen MR) is 140 cm³/mol. The van der Waals surface area contributed by atoms with Crippen LogP contribution in [0.2, 0.25) is 0 Å². The molecule has 10 nitrogen and oxygen atoms in total. The molecule has 2 atom stereocenters. The average molecular weight is 633 g/mol. The van der Waals surface area contributed by atoms with Crippen molar-refractivity contribution in [2.45, 2.75) is 94.8 Å². The number of nitrogens with one attached hydrogen (secondary N) is 1. The van der Waals surface area contributed by atoms with Gasteiger partial charge in [-0.3, -0.25) is 9.59 Å². The number of amides is 2. The number of alkyl halides is 7. The van der Waals surface area contributed by atoms with E-state index in [1.54, 1.807) is 6.07 Å². The largest absolute Gasteiger partial charge is 0.389 e. The number of hydrogen-bond acceptors (Lipinski definition) is 6. The molecule has 0 spiro atoms. The van der Waals surface area contributed by atoms with Gasteiger partial charge in [-0.05, 0) is 49.1 Å². The van der Waals surface area contributed by atoms with E-state index in [1.807, 2.05) is 0 Å². The molecule has 3 aromatic rings. The lowest BCUT2D eigenvalue weighted by atomic mass is 9.75. The van der Waals surface area contributed by atoms with Crippen LogP contribution in [0.15, 0.2) is 18.5 Å². The van der Waals surface area contributed by atoms with Gasteiger partial charge in [0.2, 0.25) is 18.3 Å². The van der Waals surface area contributed by atoms with Crippen molar-refractivity contribution < 1.29 is 40.3 Å². The quantitative estimate of drug-likeness (QED) is 0.272. The van der Waals surface area contributed by atoms with Crippen molar-refractivity contribution in [2.75, 3.05) is 0 Å².